The minimum absolute atomic E-state index is 1.30. The van der Waals surface area contributed by atoms with Crippen molar-refractivity contribution in [2.75, 3.05) is 0 Å². The average molecular weight is 267 g/mol. The van der Waals surface area contributed by atoms with Crippen molar-refractivity contribution in [1.29, 1.82) is 0 Å². The lowest BCUT2D eigenvalue weighted by molar-refractivity contribution is 0.566. The molecule has 0 nitrogen and oxygen atoms in total. The number of unbranched alkanes of at least 4 members (excludes halogenated alkanes) is 13. The summed E-state index contributed by atoms with van der Waals surface area (Å²) in [6.07, 6.45) is 25.9. The first-order chi connectivity index (χ1) is 9.41. The van der Waals surface area contributed by atoms with Crippen molar-refractivity contribution < 1.29 is 0 Å². The van der Waals surface area contributed by atoms with Gasteiger partial charge in [0.05, 0.1) is 0 Å². The molecule has 0 heteroatoms. The van der Waals surface area contributed by atoms with Crippen LogP contribution in [0.5, 0.6) is 0 Å². The maximum atomic E-state index is 2.41. The third-order valence-electron chi connectivity index (χ3n) is 3.87. The van der Waals surface area contributed by atoms with Gasteiger partial charge in [0.25, 0.3) is 0 Å². The van der Waals surface area contributed by atoms with Crippen LogP contribution in [-0.2, 0) is 0 Å². The molecule has 0 aliphatic rings. The molecule has 19 heavy (non-hydrogen) atoms. The van der Waals surface area contributed by atoms with E-state index in [0.717, 1.165) is 0 Å². The van der Waals surface area contributed by atoms with E-state index in [1.807, 2.05) is 0 Å². The third-order valence-corrected chi connectivity index (χ3v) is 3.87. The number of hydrogen-bond acceptors (Lipinski definition) is 0. The van der Waals surface area contributed by atoms with Gasteiger partial charge in [0.1, 0.15) is 0 Å². The highest BCUT2D eigenvalue weighted by atomic mass is 14.0. The highest BCUT2D eigenvalue weighted by Crippen LogP contribution is 2.11. The highest BCUT2D eigenvalue weighted by molar-refractivity contribution is 4.81. The molecule has 0 fully saturated rings. The normalized spacial score (nSPS) is 11.5. The predicted molar refractivity (Wildman–Crippen MR) is 89.7 cm³/mol. The lowest BCUT2D eigenvalue weighted by Gasteiger charge is -2.00. The number of allylic oxidation sites excluding steroid dienone is 2. The van der Waals surface area contributed by atoms with E-state index in [0.29, 0.717) is 0 Å². The largest absolute Gasteiger partial charge is 0.0885 e. The van der Waals surface area contributed by atoms with Crippen LogP contribution in [-0.4, -0.2) is 0 Å². The number of hydrogen-bond donors (Lipinski definition) is 0. The minimum Gasteiger partial charge on any atom is -0.0885 e. The minimum atomic E-state index is 1.30. The molecule has 0 unspecified atom stereocenters. The summed E-state index contributed by atoms with van der Waals surface area (Å²) in [6.45, 7) is 4.57. The molecule has 0 rings (SSSR count). The Labute approximate surface area is 123 Å². The molecule has 0 aliphatic heterocycles. The second-order valence-electron chi connectivity index (χ2n) is 5.94. The summed E-state index contributed by atoms with van der Waals surface area (Å²) in [5.74, 6) is 0. The highest BCUT2D eigenvalue weighted by Gasteiger charge is 1.91. The molecule has 0 spiro atoms. The number of rotatable bonds is 15. The SMILES string of the molecule is CCCCCC/C=C/CCCCCCCCCCC. The van der Waals surface area contributed by atoms with E-state index in [1.165, 1.54) is 96.3 Å². The third kappa shape index (κ3) is 17.7. The summed E-state index contributed by atoms with van der Waals surface area (Å²) < 4.78 is 0. The van der Waals surface area contributed by atoms with Gasteiger partial charge in [0.2, 0.25) is 0 Å². The fourth-order valence-electron chi connectivity index (χ4n) is 2.50. The van der Waals surface area contributed by atoms with Crippen LogP contribution in [0, 0.1) is 0 Å². The summed E-state index contributed by atoms with van der Waals surface area (Å²) >= 11 is 0. The van der Waals surface area contributed by atoms with E-state index >= 15 is 0 Å². The van der Waals surface area contributed by atoms with Gasteiger partial charge in [-0.2, -0.15) is 0 Å². The summed E-state index contributed by atoms with van der Waals surface area (Å²) in [7, 11) is 0. The van der Waals surface area contributed by atoms with Gasteiger partial charge in [-0.05, 0) is 25.7 Å². The summed E-state index contributed by atoms with van der Waals surface area (Å²) in [6, 6.07) is 0. The van der Waals surface area contributed by atoms with E-state index in [4.69, 9.17) is 0 Å². The maximum absolute atomic E-state index is 2.41. The second-order valence-corrected chi connectivity index (χ2v) is 5.94. The van der Waals surface area contributed by atoms with Gasteiger partial charge in [-0.15, -0.1) is 0 Å². The molecule has 0 aliphatic carbocycles. The molecule has 0 atom stereocenters. The Morgan fingerprint density at radius 3 is 1.16 bits per heavy atom. The van der Waals surface area contributed by atoms with Crippen molar-refractivity contribution in [2.45, 2.75) is 110 Å². The van der Waals surface area contributed by atoms with Crippen molar-refractivity contribution in [3.63, 3.8) is 0 Å². The van der Waals surface area contributed by atoms with Gasteiger partial charge in [0, 0.05) is 0 Å². The molecule has 0 N–H and O–H groups in total. The summed E-state index contributed by atoms with van der Waals surface area (Å²) in [4.78, 5) is 0. The van der Waals surface area contributed by atoms with Crippen molar-refractivity contribution in [3.05, 3.63) is 12.2 Å². The van der Waals surface area contributed by atoms with Crippen molar-refractivity contribution >= 4 is 0 Å². The fraction of sp³-hybridized carbons (Fsp3) is 0.895. The fourth-order valence-corrected chi connectivity index (χ4v) is 2.50. The molecule has 0 aromatic carbocycles. The Morgan fingerprint density at radius 2 is 0.737 bits per heavy atom. The van der Waals surface area contributed by atoms with Gasteiger partial charge in [-0.25, -0.2) is 0 Å². The first-order valence-corrected chi connectivity index (χ1v) is 9.06. The molecular weight excluding hydrogens is 228 g/mol. The Morgan fingerprint density at radius 1 is 0.421 bits per heavy atom. The van der Waals surface area contributed by atoms with E-state index < -0.39 is 0 Å². The first kappa shape index (κ1) is 18.7. The Hall–Kier alpha value is -0.260. The van der Waals surface area contributed by atoms with E-state index in [9.17, 15) is 0 Å². The van der Waals surface area contributed by atoms with Crippen LogP contribution in [0.1, 0.15) is 110 Å². The van der Waals surface area contributed by atoms with Gasteiger partial charge in [0.15, 0.2) is 0 Å². The molecule has 0 aromatic heterocycles. The van der Waals surface area contributed by atoms with Gasteiger partial charge in [-0.1, -0.05) is 96.6 Å². The van der Waals surface area contributed by atoms with Gasteiger partial charge in [-0.3, -0.25) is 0 Å². The molecule has 0 heterocycles. The molecule has 0 bridgehead atoms. The first-order valence-electron chi connectivity index (χ1n) is 9.06. The van der Waals surface area contributed by atoms with E-state index in [-0.39, 0.29) is 0 Å². The second kappa shape index (κ2) is 17.7. The zero-order chi connectivity index (χ0) is 14.0. The quantitative estimate of drug-likeness (QED) is 0.213. The van der Waals surface area contributed by atoms with Gasteiger partial charge < -0.3 is 0 Å². The monoisotopic (exact) mass is 266 g/mol. The van der Waals surface area contributed by atoms with Gasteiger partial charge >= 0.3 is 0 Å². The lowest BCUT2D eigenvalue weighted by Crippen LogP contribution is -1.80. The van der Waals surface area contributed by atoms with Crippen LogP contribution in [0.25, 0.3) is 0 Å². The molecule has 0 saturated heterocycles. The van der Waals surface area contributed by atoms with Crippen LogP contribution in [0.15, 0.2) is 12.2 Å². The van der Waals surface area contributed by atoms with Crippen LogP contribution in [0.4, 0.5) is 0 Å². The van der Waals surface area contributed by atoms with Crippen LogP contribution in [0.3, 0.4) is 0 Å². The van der Waals surface area contributed by atoms with Crippen LogP contribution < -0.4 is 0 Å². The summed E-state index contributed by atoms with van der Waals surface area (Å²) in [5, 5.41) is 0. The van der Waals surface area contributed by atoms with Crippen LogP contribution in [0.2, 0.25) is 0 Å². The zero-order valence-corrected chi connectivity index (χ0v) is 13.8. The van der Waals surface area contributed by atoms with E-state index in [2.05, 4.69) is 26.0 Å². The van der Waals surface area contributed by atoms with Crippen LogP contribution >= 0.6 is 0 Å². The molecule has 0 saturated carbocycles. The van der Waals surface area contributed by atoms with Crippen molar-refractivity contribution in [2.24, 2.45) is 0 Å². The topological polar surface area (TPSA) is 0 Å². The molecule has 114 valence electrons. The Bertz CT molecular complexity index is 169. The Balaban J connectivity index is 2.99. The standard InChI is InChI=1S/C19H38/c1-3-5-7-9-11-13-15-17-19-18-16-14-12-10-8-6-4-2/h13,15H,3-12,14,16-19H2,1-2H3/b15-13+. The summed E-state index contributed by atoms with van der Waals surface area (Å²) in [5.41, 5.74) is 0. The Kier molecular flexibility index (Phi) is 17.5. The maximum Gasteiger partial charge on any atom is -0.0351 e. The average Bonchev–Trinajstić information content (AvgIpc) is 2.43. The molecule has 0 radical (unpaired) electrons. The smallest absolute Gasteiger partial charge is 0.0351 e. The molecular formula is C19H38. The van der Waals surface area contributed by atoms with E-state index in [1.54, 1.807) is 0 Å². The lowest BCUT2D eigenvalue weighted by atomic mass is 10.1. The molecule has 0 aromatic rings. The molecule has 0 amide bonds. The zero-order valence-electron chi connectivity index (χ0n) is 13.8. The predicted octanol–water partition coefficient (Wildman–Crippen LogP) is 7.43. The van der Waals surface area contributed by atoms with Crippen molar-refractivity contribution in [3.8, 4) is 0 Å². The van der Waals surface area contributed by atoms with Crippen molar-refractivity contribution in [1.82, 2.24) is 0 Å².